The van der Waals surface area contributed by atoms with Crippen molar-refractivity contribution in [3.05, 3.63) is 59.7 Å². The van der Waals surface area contributed by atoms with Crippen molar-refractivity contribution >= 4 is 15.5 Å². The molecule has 3 rings (SSSR count). The van der Waals surface area contributed by atoms with Crippen molar-refractivity contribution in [3.8, 4) is 6.07 Å². The molecule has 0 saturated heterocycles. The van der Waals surface area contributed by atoms with E-state index in [0.717, 1.165) is 11.3 Å². The molecule has 0 aromatic heterocycles. The van der Waals surface area contributed by atoms with Crippen molar-refractivity contribution < 1.29 is 8.42 Å². The molecule has 0 bridgehead atoms. The van der Waals surface area contributed by atoms with Crippen LogP contribution in [0.5, 0.6) is 0 Å². The Labute approximate surface area is 124 Å². The summed E-state index contributed by atoms with van der Waals surface area (Å²) < 4.78 is 24.2. The third-order valence-corrected chi connectivity index (χ3v) is 5.50. The molecule has 2 aromatic rings. The van der Waals surface area contributed by atoms with Crippen LogP contribution in [-0.4, -0.2) is 14.2 Å². The molecule has 0 amide bonds. The lowest BCUT2D eigenvalue weighted by Gasteiger charge is -2.27. The van der Waals surface area contributed by atoms with Gasteiger partial charge >= 0.3 is 0 Å². The molecule has 1 heterocycles. The predicted octanol–water partition coefficient (Wildman–Crippen LogP) is 2.89. The minimum atomic E-state index is -3.19. The molecule has 1 aliphatic rings. The van der Waals surface area contributed by atoms with Gasteiger partial charge in [-0.2, -0.15) is 5.26 Å². The zero-order valence-corrected chi connectivity index (χ0v) is 12.1. The molecule has 0 spiro atoms. The smallest absolute Gasteiger partial charge is 0.178 e. The van der Waals surface area contributed by atoms with E-state index in [4.69, 9.17) is 5.26 Å². The highest BCUT2D eigenvalue weighted by molar-refractivity contribution is 7.91. The molecule has 0 fully saturated rings. The zero-order chi connectivity index (χ0) is 14.9. The second kappa shape index (κ2) is 5.23. The van der Waals surface area contributed by atoms with E-state index < -0.39 is 9.84 Å². The van der Waals surface area contributed by atoms with Crippen LogP contribution in [0.4, 0.5) is 5.69 Å². The van der Waals surface area contributed by atoms with Gasteiger partial charge in [0, 0.05) is 0 Å². The quantitative estimate of drug-likeness (QED) is 0.925. The third-order valence-electron chi connectivity index (χ3n) is 3.68. The molecule has 0 radical (unpaired) electrons. The lowest BCUT2D eigenvalue weighted by Crippen LogP contribution is -2.24. The summed E-state index contributed by atoms with van der Waals surface area (Å²) in [6, 6.07) is 16.3. The number of rotatable bonds is 2. The zero-order valence-electron chi connectivity index (χ0n) is 11.3. The van der Waals surface area contributed by atoms with Crippen LogP contribution in [0.3, 0.4) is 0 Å². The third kappa shape index (κ3) is 2.50. The minimum Gasteiger partial charge on any atom is -0.377 e. The lowest BCUT2D eigenvalue weighted by atomic mass is 10.0. The van der Waals surface area contributed by atoms with Crippen LogP contribution in [-0.2, 0) is 9.84 Å². The van der Waals surface area contributed by atoms with Crippen molar-refractivity contribution in [2.24, 2.45) is 0 Å². The largest absolute Gasteiger partial charge is 0.377 e. The highest BCUT2D eigenvalue weighted by Gasteiger charge is 2.30. The van der Waals surface area contributed by atoms with Gasteiger partial charge in [0.25, 0.3) is 0 Å². The van der Waals surface area contributed by atoms with Gasteiger partial charge in [-0.25, -0.2) is 8.42 Å². The summed E-state index contributed by atoms with van der Waals surface area (Å²) in [5.41, 5.74) is 2.07. The van der Waals surface area contributed by atoms with Gasteiger partial charge in [0.1, 0.15) is 6.07 Å². The van der Waals surface area contributed by atoms with Crippen LogP contribution in [0, 0.1) is 11.3 Å². The van der Waals surface area contributed by atoms with Gasteiger partial charge in [-0.15, -0.1) is 0 Å². The van der Waals surface area contributed by atoms with Crippen LogP contribution >= 0.6 is 0 Å². The number of nitriles is 1. The Kier molecular flexibility index (Phi) is 3.40. The molecule has 2 aromatic carbocycles. The number of fused-ring (bicyclic) bond motifs is 1. The average Bonchev–Trinajstić information content (AvgIpc) is 2.51. The first-order valence-electron chi connectivity index (χ1n) is 6.69. The van der Waals surface area contributed by atoms with Crippen molar-refractivity contribution in [1.82, 2.24) is 0 Å². The average molecular weight is 298 g/mol. The highest BCUT2D eigenvalue weighted by Crippen LogP contribution is 2.34. The van der Waals surface area contributed by atoms with Gasteiger partial charge in [0.05, 0.1) is 27.9 Å². The fourth-order valence-electron chi connectivity index (χ4n) is 2.63. The number of nitrogens with one attached hydrogen (secondary N) is 1. The summed E-state index contributed by atoms with van der Waals surface area (Å²) in [6.45, 7) is 0. The Hall–Kier alpha value is -2.32. The Balaban J connectivity index is 2.00. The number of hydrogen-bond acceptors (Lipinski definition) is 4. The summed E-state index contributed by atoms with van der Waals surface area (Å²) >= 11 is 0. The first kappa shape index (κ1) is 13.7. The highest BCUT2D eigenvalue weighted by atomic mass is 32.2. The SMILES string of the molecule is N#Cc1ccccc1NC1CCS(=O)(=O)c2ccccc21. The Bertz CT molecular complexity index is 822. The van der Waals surface area contributed by atoms with E-state index in [9.17, 15) is 8.42 Å². The van der Waals surface area contributed by atoms with Crippen LogP contribution in [0.1, 0.15) is 23.6 Å². The van der Waals surface area contributed by atoms with Gasteiger partial charge in [0.15, 0.2) is 9.84 Å². The van der Waals surface area contributed by atoms with E-state index in [1.807, 2.05) is 30.3 Å². The van der Waals surface area contributed by atoms with Crippen molar-refractivity contribution in [2.75, 3.05) is 11.1 Å². The van der Waals surface area contributed by atoms with E-state index in [2.05, 4.69) is 11.4 Å². The maximum Gasteiger partial charge on any atom is 0.178 e. The molecular formula is C16H14N2O2S. The number of sulfone groups is 1. The van der Waals surface area contributed by atoms with Gasteiger partial charge < -0.3 is 5.32 Å². The van der Waals surface area contributed by atoms with E-state index in [0.29, 0.717) is 16.9 Å². The monoisotopic (exact) mass is 298 g/mol. The molecule has 1 N–H and O–H groups in total. The normalized spacial score (nSPS) is 19.3. The number of para-hydroxylation sites is 1. The molecule has 4 nitrogen and oxygen atoms in total. The molecule has 106 valence electrons. The summed E-state index contributed by atoms with van der Waals surface area (Å²) in [6.07, 6.45) is 0.499. The van der Waals surface area contributed by atoms with Crippen LogP contribution in [0.15, 0.2) is 53.4 Å². The fraction of sp³-hybridized carbons (Fsp3) is 0.188. The molecule has 21 heavy (non-hydrogen) atoms. The Morgan fingerprint density at radius 1 is 1.10 bits per heavy atom. The second-order valence-corrected chi connectivity index (χ2v) is 7.08. The standard InChI is InChI=1S/C16H14N2O2S/c17-11-12-5-1-3-7-14(12)18-15-9-10-21(19,20)16-8-4-2-6-13(15)16/h1-8,15,18H,9-10H2. The first-order valence-corrected chi connectivity index (χ1v) is 8.34. The Morgan fingerprint density at radius 3 is 2.62 bits per heavy atom. The van der Waals surface area contributed by atoms with Gasteiger partial charge in [0.2, 0.25) is 0 Å². The molecule has 0 aliphatic carbocycles. The fourth-order valence-corrected chi connectivity index (χ4v) is 4.26. The van der Waals surface area contributed by atoms with E-state index in [-0.39, 0.29) is 11.8 Å². The number of anilines is 1. The first-order chi connectivity index (χ1) is 10.1. The van der Waals surface area contributed by atoms with E-state index >= 15 is 0 Å². The molecular weight excluding hydrogens is 284 g/mol. The lowest BCUT2D eigenvalue weighted by molar-refractivity contribution is 0.576. The maximum absolute atomic E-state index is 12.1. The summed E-state index contributed by atoms with van der Waals surface area (Å²) in [5, 5.41) is 12.4. The van der Waals surface area contributed by atoms with E-state index in [1.165, 1.54) is 0 Å². The Morgan fingerprint density at radius 2 is 1.81 bits per heavy atom. The molecule has 1 unspecified atom stereocenters. The van der Waals surface area contributed by atoms with Crippen LogP contribution in [0.25, 0.3) is 0 Å². The number of nitrogens with zero attached hydrogens (tertiary/aromatic N) is 1. The van der Waals surface area contributed by atoms with Crippen molar-refractivity contribution in [2.45, 2.75) is 17.4 Å². The van der Waals surface area contributed by atoms with Crippen LogP contribution in [0.2, 0.25) is 0 Å². The van der Waals surface area contributed by atoms with E-state index in [1.54, 1.807) is 18.2 Å². The topological polar surface area (TPSA) is 70.0 Å². The molecule has 5 heteroatoms. The van der Waals surface area contributed by atoms with Gasteiger partial charge in [-0.3, -0.25) is 0 Å². The number of benzene rings is 2. The van der Waals surface area contributed by atoms with Crippen molar-refractivity contribution in [1.29, 1.82) is 5.26 Å². The predicted molar refractivity (Wildman–Crippen MR) is 80.6 cm³/mol. The molecule has 0 saturated carbocycles. The maximum atomic E-state index is 12.1. The number of hydrogen-bond donors (Lipinski definition) is 1. The minimum absolute atomic E-state index is 0.0979. The van der Waals surface area contributed by atoms with Crippen LogP contribution < -0.4 is 5.32 Å². The summed E-state index contributed by atoms with van der Waals surface area (Å²) in [4.78, 5) is 0.392. The second-order valence-electron chi connectivity index (χ2n) is 5.00. The molecule has 1 aliphatic heterocycles. The summed E-state index contributed by atoms with van der Waals surface area (Å²) in [5.74, 6) is 0.121. The van der Waals surface area contributed by atoms with Gasteiger partial charge in [-0.1, -0.05) is 30.3 Å². The summed E-state index contributed by atoms with van der Waals surface area (Å²) in [7, 11) is -3.19. The molecule has 1 atom stereocenters. The van der Waals surface area contributed by atoms with Gasteiger partial charge in [-0.05, 0) is 30.2 Å². The van der Waals surface area contributed by atoms with Crippen molar-refractivity contribution in [3.63, 3.8) is 0 Å².